The van der Waals surface area contributed by atoms with Gasteiger partial charge < -0.3 is 34.7 Å². The second kappa shape index (κ2) is 29.2. The van der Waals surface area contributed by atoms with Gasteiger partial charge in [0.2, 0.25) is 0 Å². The van der Waals surface area contributed by atoms with Crippen molar-refractivity contribution in [2.45, 2.75) is 148 Å². The van der Waals surface area contributed by atoms with Crippen LogP contribution < -0.4 is 5.32 Å². The summed E-state index contributed by atoms with van der Waals surface area (Å²) in [7, 11) is 0. The van der Waals surface area contributed by atoms with Crippen molar-refractivity contribution in [3.8, 4) is 50.8 Å². The third kappa shape index (κ3) is 15.5. The Labute approximate surface area is 589 Å². The van der Waals surface area contributed by atoms with E-state index in [0.29, 0.717) is 19.5 Å². The quantitative estimate of drug-likeness (QED) is 0.115. The molecule has 98 heavy (non-hydrogen) atoms. The van der Waals surface area contributed by atoms with Crippen LogP contribution in [-0.2, 0) is 48.4 Å². The lowest BCUT2D eigenvalue weighted by Crippen LogP contribution is -2.39. The minimum atomic E-state index is -0.526. The van der Waals surface area contributed by atoms with Crippen LogP contribution in [0.25, 0.3) is 83.5 Å². The number of hydrogen-bond donors (Lipinski definition) is 4. The summed E-state index contributed by atoms with van der Waals surface area (Å²) < 4.78 is 12.2. The monoisotopic (exact) mass is 1350 g/mol. The molecule has 0 bridgehead atoms. The van der Waals surface area contributed by atoms with E-state index in [9.17, 15) is 9.59 Å². The molecular formula is C81H96Cl2N12O3. The number of H-pyrrole nitrogens is 3. The van der Waals surface area contributed by atoms with Crippen molar-refractivity contribution in [3.05, 3.63) is 213 Å². The van der Waals surface area contributed by atoms with Crippen LogP contribution in [0.15, 0.2) is 146 Å². The standard InChI is InChI=1S/C27H30N4O2.C27H32N4.C22H22N4.C5H10O.2ClH/c1-17-7-6-8-18(2)24(17)31-25(20-9-10-22-19(15-20)11-13-28-22)21-16-30(14-12-23(21)29-31)26(32)33-27(3,4)5;1-18-7-6-8-19(2)25(18)31-26(21-9-10-23-20(15-21)11-13-28-23)22-16-30(17-27(3,4)5)14-12-24(22)29-31;1-14-4-3-5-15(2)21(14)26-22(18-13-23-10-9-20(18)25-26)17-6-7-19-16(12-17)8-11-24-19;1-5(2,3)4-6;;/h6-11,13,15,28H,12,14,16H2,1-5H3;6-11,13,15,28H,12,14,16-17H2,1-5H3;3-8,11-12,23-24H,9-10,13H2,1-2H3;4H,1-3H3;2*1H. The van der Waals surface area contributed by atoms with Crippen LogP contribution in [0.3, 0.4) is 0 Å². The first kappa shape index (κ1) is 71.8. The van der Waals surface area contributed by atoms with E-state index in [1.807, 2.05) is 60.1 Å². The van der Waals surface area contributed by atoms with Gasteiger partial charge in [0.05, 0.1) is 57.8 Å². The largest absolute Gasteiger partial charge is 0.444 e. The first-order valence-electron chi connectivity index (χ1n) is 33.9. The molecule has 15 nitrogen and oxygen atoms in total. The summed E-state index contributed by atoms with van der Waals surface area (Å²) in [6.07, 6.45) is 9.30. The van der Waals surface area contributed by atoms with E-state index in [2.05, 4.69) is 229 Å². The molecule has 0 atom stereocenters. The Balaban J connectivity index is 0.000000152. The number of hydrogen-bond acceptors (Lipinski definition) is 8. The lowest BCUT2D eigenvalue weighted by atomic mass is 9.93. The third-order valence-corrected chi connectivity index (χ3v) is 18.2. The van der Waals surface area contributed by atoms with Crippen molar-refractivity contribution in [1.82, 2.24) is 59.4 Å². The number of para-hydroxylation sites is 3. The van der Waals surface area contributed by atoms with Gasteiger partial charge in [0.25, 0.3) is 0 Å². The molecular weight excluding hydrogens is 1260 g/mol. The van der Waals surface area contributed by atoms with Crippen molar-refractivity contribution in [3.63, 3.8) is 0 Å². The van der Waals surface area contributed by atoms with Gasteiger partial charge in [0.15, 0.2) is 0 Å². The van der Waals surface area contributed by atoms with E-state index >= 15 is 0 Å². The highest BCUT2D eigenvalue weighted by Crippen LogP contribution is 2.40. The number of rotatable bonds is 7. The third-order valence-electron chi connectivity index (χ3n) is 18.2. The summed E-state index contributed by atoms with van der Waals surface area (Å²) in [6.45, 7) is 37.3. The molecule has 17 heteroatoms. The number of nitrogens with one attached hydrogen (secondary N) is 4. The van der Waals surface area contributed by atoms with Crippen molar-refractivity contribution in [1.29, 1.82) is 0 Å². The van der Waals surface area contributed by atoms with Crippen LogP contribution in [0.1, 0.15) is 129 Å². The highest BCUT2D eigenvalue weighted by Gasteiger charge is 2.33. The summed E-state index contributed by atoms with van der Waals surface area (Å²) in [5, 5.41) is 22.5. The maximum absolute atomic E-state index is 12.9. The van der Waals surface area contributed by atoms with Crippen molar-refractivity contribution in [2.24, 2.45) is 10.8 Å². The van der Waals surface area contributed by atoms with Crippen LogP contribution >= 0.6 is 24.8 Å². The molecule has 512 valence electrons. The zero-order valence-electron chi connectivity index (χ0n) is 59.6. The van der Waals surface area contributed by atoms with Crippen LogP contribution in [0.5, 0.6) is 0 Å². The second-order valence-corrected chi connectivity index (χ2v) is 29.7. The Morgan fingerprint density at radius 2 is 0.857 bits per heavy atom. The molecule has 0 aliphatic carbocycles. The number of ether oxygens (including phenoxy) is 1. The molecule has 3 aliphatic rings. The number of carbonyl (C=O) groups is 2. The first-order chi connectivity index (χ1) is 45.8. The normalized spacial score (nSPS) is 13.8. The Kier molecular flexibility index (Phi) is 21.4. The fraction of sp³-hybridized carbons (Fsp3) is 0.346. The number of nitrogens with zero attached hydrogens (tertiary/aromatic N) is 8. The number of aromatic nitrogens is 9. The number of halogens is 2. The van der Waals surface area contributed by atoms with Gasteiger partial charge in [-0.05, 0) is 156 Å². The zero-order valence-corrected chi connectivity index (χ0v) is 61.3. The van der Waals surface area contributed by atoms with E-state index < -0.39 is 5.60 Å². The van der Waals surface area contributed by atoms with E-state index in [4.69, 9.17) is 20.0 Å². The van der Waals surface area contributed by atoms with Crippen molar-refractivity contribution < 1.29 is 14.3 Å². The number of amides is 1. The number of carbonyl (C=O) groups excluding carboxylic acids is 2. The maximum Gasteiger partial charge on any atom is 0.410 e. The van der Waals surface area contributed by atoms with Gasteiger partial charge in [-0.15, -0.1) is 24.8 Å². The summed E-state index contributed by atoms with van der Waals surface area (Å²) in [5.41, 5.74) is 28.3. The average Bonchev–Trinajstić information content (AvgIpc) is 1.61. The summed E-state index contributed by atoms with van der Waals surface area (Å²) in [6, 6.07) is 45.4. The fourth-order valence-electron chi connectivity index (χ4n) is 13.8. The zero-order chi connectivity index (χ0) is 68.0. The molecule has 0 saturated heterocycles. The van der Waals surface area contributed by atoms with Gasteiger partial charge in [-0.3, -0.25) is 4.90 Å². The minimum absolute atomic E-state index is 0. The van der Waals surface area contributed by atoms with E-state index in [-0.39, 0.29) is 41.7 Å². The first-order valence-corrected chi connectivity index (χ1v) is 33.9. The van der Waals surface area contributed by atoms with E-state index in [1.165, 1.54) is 112 Å². The van der Waals surface area contributed by atoms with Gasteiger partial charge in [-0.1, -0.05) is 114 Å². The molecule has 0 fully saturated rings. The molecule has 3 aliphatic heterocycles. The maximum atomic E-state index is 12.9. The van der Waals surface area contributed by atoms with Crippen molar-refractivity contribution >= 4 is 69.9 Å². The fourth-order valence-corrected chi connectivity index (χ4v) is 13.8. The molecule has 9 heterocycles. The molecule has 6 aromatic carbocycles. The molecule has 15 rings (SSSR count). The van der Waals surface area contributed by atoms with E-state index in [1.54, 1.807) is 4.90 Å². The molecule has 4 N–H and O–H groups in total. The summed E-state index contributed by atoms with van der Waals surface area (Å²) in [5.74, 6) is 0. The predicted molar refractivity (Wildman–Crippen MR) is 405 cm³/mol. The number of aryl methyl sites for hydroxylation is 6. The van der Waals surface area contributed by atoms with Crippen LogP contribution in [0.2, 0.25) is 0 Å². The molecule has 1 amide bonds. The smallest absolute Gasteiger partial charge is 0.410 e. The molecule has 0 radical (unpaired) electrons. The Morgan fingerprint density at radius 1 is 0.490 bits per heavy atom. The van der Waals surface area contributed by atoms with Gasteiger partial charge >= 0.3 is 6.09 Å². The number of benzene rings is 6. The van der Waals surface area contributed by atoms with Gasteiger partial charge in [-0.2, -0.15) is 15.3 Å². The van der Waals surface area contributed by atoms with Gasteiger partial charge in [0.1, 0.15) is 11.9 Å². The predicted octanol–water partition coefficient (Wildman–Crippen LogP) is 18.3. The van der Waals surface area contributed by atoms with Crippen LogP contribution in [-0.4, -0.2) is 98.3 Å². The molecule has 0 saturated carbocycles. The molecule has 0 spiro atoms. The molecule has 0 unspecified atom stereocenters. The van der Waals surface area contributed by atoms with Crippen LogP contribution in [0, 0.1) is 52.4 Å². The van der Waals surface area contributed by atoms with Gasteiger partial charge in [-0.25, -0.2) is 18.8 Å². The van der Waals surface area contributed by atoms with Crippen molar-refractivity contribution in [2.75, 3.05) is 26.2 Å². The average molecular weight is 1360 g/mol. The SMILES string of the molecule is CC(C)(C)C=O.Cc1cccc(C)c1-n1nc2c(c1-c1ccc3[nH]ccc3c1)CN(C(=O)OC(C)(C)C)CC2.Cc1cccc(C)c1-n1nc2c(c1-c1ccc3[nH]ccc3c1)CN(CC(C)(C)C)CC2.Cc1cccc(C)c1-n1nc2c(c1-c1ccc3[nH]ccc3c1)CNCC2.Cl.Cl. The van der Waals surface area contributed by atoms with Gasteiger partial charge in [0, 0.05) is 149 Å². The summed E-state index contributed by atoms with van der Waals surface area (Å²) in [4.78, 5) is 37.0. The lowest BCUT2D eigenvalue weighted by molar-refractivity contribution is -0.113. The Hall–Kier alpha value is -8.99. The van der Waals surface area contributed by atoms with Crippen LogP contribution in [0.4, 0.5) is 4.79 Å². The topological polar surface area (TPSA) is 163 Å². The molecule has 12 aromatic rings. The number of aldehydes is 1. The highest BCUT2D eigenvalue weighted by atomic mass is 35.5. The Morgan fingerprint density at radius 3 is 1.23 bits per heavy atom. The second-order valence-electron chi connectivity index (χ2n) is 29.7. The summed E-state index contributed by atoms with van der Waals surface area (Å²) >= 11 is 0. The minimum Gasteiger partial charge on any atom is -0.444 e. The number of fused-ring (bicyclic) bond motifs is 6. The number of aromatic amines is 3. The Bertz CT molecular complexity index is 4780. The lowest BCUT2D eigenvalue weighted by Gasteiger charge is -2.32. The van der Waals surface area contributed by atoms with E-state index in [0.717, 1.165) is 91.0 Å². The highest BCUT2D eigenvalue weighted by molar-refractivity contribution is 5.88. The molecule has 6 aromatic heterocycles.